The number of aliphatic hydroxyl groups excluding tert-OH is 1. The number of aliphatic hydroxyl groups is 1. The van der Waals surface area contributed by atoms with Crippen LogP contribution in [-0.2, 0) is 23.8 Å². The van der Waals surface area contributed by atoms with Crippen LogP contribution < -0.4 is 0 Å². The molecule has 27 heavy (non-hydrogen) atoms. The van der Waals surface area contributed by atoms with Gasteiger partial charge in [-0.05, 0) is 41.2 Å². The lowest BCUT2D eigenvalue weighted by molar-refractivity contribution is 0.0517. The summed E-state index contributed by atoms with van der Waals surface area (Å²) in [5.41, 5.74) is 5.39. The van der Waals surface area contributed by atoms with Gasteiger partial charge in [-0.3, -0.25) is 0 Å². The Kier molecular flexibility index (Phi) is 5.11. The van der Waals surface area contributed by atoms with Gasteiger partial charge in [-0.1, -0.05) is 51.1 Å². The Morgan fingerprint density at radius 1 is 1.11 bits per heavy atom. The van der Waals surface area contributed by atoms with Gasteiger partial charge in [0.1, 0.15) is 5.69 Å². The average Bonchev–Trinajstić information content (AvgIpc) is 2.93. The molecule has 0 saturated heterocycles. The maximum absolute atomic E-state index is 12.7. The van der Waals surface area contributed by atoms with Gasteiger partial charge in [0.15, 0.2) is 0 Å². The van der Waals surface area contributed by atoms with Crippen molar-refractivity contribution in [2.75, 3.05) is 6.61 Å². The number of nitrogens with zero attached hydrogens (tertiary/aromatic N) is 1. The number of carbonyl (C=O) groups is 1. The van der Waals surface area contributed by atoms with E-state index >= 15 is 0 Å². The van der Waals surface area contributed by atoms with Crippen LogP contribution in [0.25, 0.3) is 22.0 Å². The molecule has 4 heteroatoms. The Balaban J connectivity index is 2.28. The second-order valence-corrected chi connectivity index (χ2v) is 7.84. The summed E-state index contributed by atoms with van der Waals surface area (Å²) in [6.45, 7) is 8.63. The summed E-state index contributed by atoms with van der Waals surface area (Å²) in [7, 11) is 1.88. The fourth-order valence-corrected chi connectivity index (χ4v) is 3.46. The molecule has 0 amide bonds. The maximum Gasteiger partial charge on any atom is 0.355 e. The molecule has 0 bridgehead atoms. The molecule has 3 aromatic rings. The van der Waals surface area contributed by atoms with Gasteiger partial charge in [0.2, 0.25) is 0 Å². The van der Waals surface area contributed by atoms with Crippen molar-refractivity contribution in [2.45, 2.75) is 39.7 Å². The predicted octanol–water partition coefficient (Wildman–Crippen LogP) is 4.81. The van der Waals surface area contributed by atoms with Crippen LogP contribution in [0.1, 0.15) is 49.3 Å². The Morgan fingerprint density at radius 2 is 1.78 bits per heavy atom. The lowest BCUT2D eigenvalue weighted by Gasteiger charge is -2.19. The standard InChI is InChI=1S/C23H27NO3/c1-6-27-22(26)21-20(16-8-10-17(11-9-16)23(2,3)4)18-13-15(14-25)7-12-19(18)24(21)5/h7-13,25H,6,14H2,1-5H3. The first-order valence-electron chi connectivity index (χ1n) is 9.28. The number of ether oxygens (including phenoxy) is 1. The fourth-order valence-electron chi connectivity index (χ4n) is 3.46. The van der Waals surface area contributed by atoms with E-state index in [-0.39, 0.29) is 18.0 Å². The minimum Gasteiger partial charge on any atom is -0.461 e. The summed E-state index contributed by atoms with van der Waals surface area (Å²) in [5, 5.41) is 10.5. The van der Waals surface area contributed by atoms with E-state index in [1.807, 2.05) is 36.7 Å². The first-order valence-corrected chi connectivity index (χ1v) is 9.28. The Hall–Kier alpha value is -2.59. The van der Waals surface area contributed by atoms with Crippen molar-refractivity contribution in [1.29, 1.82) is 0 Å². The smallest absolute Gasteiger partial charge is 0.355 e. The van der Waals surface area contributed by atoms with Crippen molar-refractivity contribution in [1.82, 2.24) is 4.57 Å². The molecule has 1 heterocycles. The molecule has 2 aromatic carbocycles. The molecule has 142 valence electrons. The highest BCUT2D eigenvalue weighted by Crippen LogP contribution is 2.36. The topological polar surface area (TPSA) is 51.5 Å². The molecule has 0 spiro atoms. The van der Waals surface area contributed by atoms with Crippen LogP contribution in [0.3, 0.4) is 0 Å². The van der Waals surface area contributed by atoms with E-state index in [2.05, 4.69) is 45.0 Å². The van der Waals surface area contributed by atoms with Crippen molar-refractivity contribution < 1.29 is 14.6 Å². The van der Waals surface area contributed by atoms with Crippen molar-refractivity contribution in [3.8, 4) is 11.1 Å². The quantitative estimate of drug-likeness (QED) is 0.675. The van der Waals surface area contributed by atoms with Gasteiger partial charge in [0.25, 0.3) is 0 Å². The summed E-state index contributed by atoms with van der Waals surface area (Å²) in [6.07, 6.45) is 0. The largest absolute Gasteiger partial charge is 0.461 e. The summed E-state index contributed by atoms with van der Waals surface area (Å²) in [6, 6.07) is 14.1. The van der Waals surface area contributed by atoms with Crippen LogP contribution in [0.15, 0.2) is 42.5 Å². The average molecular weight is 365 g/mol. The molecule has 0 saturated carbocycles. The third-order valence-electron chi connectivity index (χ3n) is 4.95. The Morgan fingerprint density at radius 3 is 2.33 bits per heavy atom. The van der Waals surface area contributed by atoms with Crippen molar-refractivity contribution in [3.05, 3.63) is 59.3 Å². The third-order valence-corrected chi connectivity index (χ3v) is 4.95. The van der Waals surface area contributed by atoms with Gasteiger partial charge < -0.3 is 14.4 Å². The number of benzene rings is 2. The van der Waals surface area contributed by atoms with Gasteiger partial charge in [-0.15, -0.1) is 0 Å². The second kappa shape index (κ2) is 7.20. The lowest BCUT2D eigenvalue weighted by Crippen LogP contribution is -2.12. The molecule has 0 unspecified atom stereocenters. The summed E-state index contributed by atoms with van der Waals surface area (Å²) in [5.74, 6) is -0.336. The molecule has 0 aliphatic carbocycles. The highest BCUT2D eigenvalue weighted by atomic mass is 16.5. The number of fused-ring (bicyclic) bond motifs is 1. The van der Waals surface area contributed by atoms with E-state index in [0.29, 0.717) is 12.3 Å². The van der Waals surface area contributed by atoms with E-state index in [0.717, 1.165) is 27.6 Å². The van der Waals surface area contributed by atoms with Gasteiger partial charge >= 0.3 is 5.97 Å². The first-order chi connectivity index (χ1) is 12.8. The molecule has 0 aliphatic heterocycles. The maximum atomic E-state index is 12.7. The van der Waals surface area contributed by atoms with Gasteiger partial charge in [0, 0.05) is 23.5 Å². The second-order valence-electron chi connectivity index (χ2n) is 7.84. The molecule has 0 fully saturated rings. The van der Waals surface area contributed by atoms with Crippen LogP contribution in [0.2, 0.25) is 0 Å². The molecule has 0 radical (unpaired) electrons. The number of rotatable bonds is 4. The zero-order valence-electron chi connectivity index (χ0n) is 16.7. The third kappa shape index (κ3) is 3.50. The molecular formula is C23H27NO3. The van der Waals surface area contributed by atoms with Crippen LogP contribution >= 0.6 is 0 Å². The number of aryl methyl sites for hydroxylation is 1. The van der Waals surface area contributed by atoms with Crippen LogP contribution in [0.5, 0.6) is 0 Å². The van der Waals surface area contributed by atoms with Crippen molar-refractivity contribution in [2.24, 2.45) is 7.05 Å². The molecule has 1 aromatic heterocycles. The van der Waals surface area contributed by atoms with E-state index in [9.17, 15) is 9.90 Å². The molecule has 0 aliphatic rings. The minimum atomic E-state index is -0.336. The predicted molar refractivity (Wildman–Crippen MR) is 109 cm³/mol. The monoisotopic (exact) mass is 365 g/mol. The van der Waals surface area contributed by atoms with Crippen LogP contribution in [-0.4, -0.2) is 22.2 Å². The highest BCUT2D eigenvalue weighted by Gasteiger charge is 2.24. The highest BCUT2D eigenvalue weighted by molar-refractivity contribution is 6.08. The Bertz CT molecular complexity index is 976. The first kappa shape index (κ1) is 19.2. The molecule has 3 rings (SSSR count). The number of aromatic nitrogens is 1. The van der Waals surface area contributed by atoms with E-state index in [4.69, 9.17) is 4.74 Å². The van der Waals surface area contributed by atoms with Gasteiger partial charge in [-0.2, -0.15) is 0 Å². The van der Waals surface area contributed by atoms with Crippen LogP contribution in [0.4, 0.5) is 0 Å². The van der Waals surface area contributed by atoms with E-state index in [1.165, 1.54) is 5.56 Å². The molecule has 4 nitrogen and oxygen atoms in total. The normalized spacial score (nSPS) is 11.8. The minimum absolute atomic E-state index is 0.0397. The molecule has 0 atom stereocenters. The lowest BCUT2D eigenvalue weighted by atomic mass is 9.86. The zero-order chi connectivity index (χ0) is 19.8. The van der Waals surface area contributed by atoms with Crippen molar-refractivity contribution in [3.63, 3.8) is 0 Å². The van der Waals surface area contributed by atoms with Crippen LogP contribution in [0, 0.1) is 0 Å². The molecule has 1 N–H and O–H groups in total. The fraction of sp³-hybridized carbons (Fsp3) is 0.348. The number of hydrogen-bond acceptors (Lipinski definition) is 3. The van der Waals surface area contributed by atoms with Gasteiger partial charge in [0.05, 0.1) is 13.2 Å². The number of carbonyl (C=O) groups excluding carboxylic acids is 1. The summed E-state index contributed by atoms with van der Waals surface area (Å²) < 4.78 is 7.20. The number of hydrogen-bond donors (Lipinski definition) is 1. The van der Waals surface area contributed by atoms with E-state index < -0.39 is 0 Å². The summed E-state index contributed by atoms with van der Waals surface area (Å²) >= 11 is 0. The zero-order valence-corrected chi connectivity index (χ0v) is 16.7. The van der Waals surface area contributed by atoms with Gasteiger partial charge in [-0.25, -0.2) is 4.79 Å². The SMILES string of the molecule is CCOC(=O)c1c(-c2ccc(C(C)(C)C)cc2)c2cc(CO)ccc2n1C. The summed E-state index contributed by atoms with van der Waals surface area (Å²) in [4.78, 5) is 12.7. The van der Waals surface area contributed by atoms with E-state index in [1.54, 1.807) is 0 Å². The number of esters is 1. The molecular weight excluding hydrogens is 338 g/mol. The van der Waals surface area contributed by atoms with Crippen molar-refractivity contribution >= 4 is 16.9 Å². The Labute approximate surface area is 160 Å².